The smallest absolute Gasteiger partial charge is 0.265 e. The Balaban J connectivity index is 1.39. The Bertz CT molecular complexity index is 1060. The zero-order valence-electron chi connectivity index (χ0n) is 17.5. The number of hydrogen-bond donors (Lipinski definition) is 2. The molecule has 1 aliphatic rings. The van der Waals surface area contributed by atoms with Gasteiger partial charge in [-0.05, 0) is 80.1 Å². The molecule has 0 spiro atoms. The Morgan fingerprint density at radius 3 is 2.65 bits per heavy atom. The lowest BCUT2D eigenvalue weighted by molar-refractivity contribution is -0.122. The van der Waals surface area contributed by atoms with Crippen LogP contribution in [-0.4, -0.2) is 17.9 Å². The molecule has 0 saturated carbocycles. The van der Waals surface area contributed by atoms with Gasteiger partial charge in [0.25, 0.3) is 11.8 Å². The van der Waals surface area contributed by atoms with E-state index in [1.165, 1.54) is 24.0 Å². The summed E-state index contributed by atoms with van der Waals surface area (Å²) in [4.78, 5) is 25.3. The summed E-state index contributed by atoms with van der Waals surface area (Å²) < 4.78 is 11.1. The van der Waals surface area contributed by atoms with E-state index in [4.69, 9.17) is 9.15 Å². The van der Waals surface area contributed by atoms with Gasteiger partial charge in [0.1, 0.15) is 11.5 Å². The van der Waals surface area contributed by atoms with Crippen LogP contribution in [0.5, 0.6) is 5.75 Å². The standard InChI is InChI=1S/C25H26N2O4/c1-17(31-20-13-12-18-7-2-3-8-19(18)15-20)24(28)27-23-11-5-4-10-22(23)25(29)26-16-21-9-6-14-30-21/h4-6,9-15,17H,2-3,7-8,16H2,1H3,(H,26,29)(H,27,28)/t17-/m0/s1. The number of furan rings is 1. The van der Waals surface area contributed by atoms with Crippen molar-refractivity contribution in [2.24, 2.45) is 0 Å². The van der Waals surface area contributed by atoms with E-state index in [9.17, 15) is 9.59 Å². The molecule has 1 atom stereocenters. The van der Waals surface area contributed by atoms with Crippen LogP contribution in [0.3, 0.4) is 0 Å². The average molecular weight is 418 g/mol. The third-order valence-corrected chi connectivity index (χ3v) is 5.43. The highest BCUT2D eigenvalue weighted by Crippen LogP contribution is 2.26. The van der Waals surface area contributed by atoms with Crippen molar-refractivity contribution in [2.45, 2.75) is 45.3 Å². The molecule has 2 aromatic carbocycles. The molecular formula is C25H26N2O4. The van der Waals surface area contributed by atoms with Crippen LogP contribution < -0.4 is 15.4 Å². The van der Waals surface area contributed by atoms with E-state index in [0.29, 0.717) is 22.8 Å². The zero-order valence-corrected chi connectivity index (χ0v) is 17.5. The second-order valence-corrected chi connectivity index (χ2v) is 7.69. The molecule has 2 amide bonds. The first-order chi connectivity index (χ1) is 15.1. The van der Waals surface area contributed by atoms with E-state index in [2.05, 4.69) is 16.7 Å². The van der Waals surface area contributed by atoms with Crippen molar-refractivity contribution < 1.29 is 18.7 Å². The number of rotatable bonds is 7. The summed E-state index contributed by atoms with van der Waals surface area (Å²) >= 11 is 0. The number of carbonyl (C=O) groups excluding carboxylic acids is 2. The quantitative estimate of drug-likeness (QED) is 0.592. The molecule has 4 rings (SSSR count). The molecule has 0 aliphatic heterocycles. The largest absolute Gasteiger partial charge is 0.481 e. The number of anilines is 1. The highest BCUT2D eigenvalue weighted by Gasteiger charge is 2.19. The second-order valence-electron chi connectivity index (χ2n) is 7.69. The molecule has 3 aromatic rings. The van der Waals surface area contributed by atoms with Crippen molar-refractivity contribution >= 4 is 17.5 Å². The Labute approximate surface area is 181 Å². The molecule has 6 nitrogen and oxygen atoms in total. The van der Waals surface area contributed by atoms with Crippen LogP contribution in [0.15, 0.2) is 65.3 Å². The maximum absolute atomic E-state index is 12.7. The molecule has 0 unspecified atom stereocenters. The number of hydrogen-bond acceptors (Lipinski definition) is 4. The first-order valence-corrected chi connectivity index (χ1v) is 10.6. The van der Waals surface area contributed by atoms with E-state index in [1.807, 2.05) is 12.1 Å². The number of amides is 2. The Morgan fingerprint density at radius 1 is 1.03 bits per heavy atom. The highest BCUT2D eigenvalue weighted by atomic mass is 16.5. The zero-order chi connectivity index (χ0) is 21.6. The van der Waals surface area contributed by atoms with Crippen molar-refractivity contribution in [2.75, 3.05) is 5.32 Å². The summed E-state index contributed by atoms with van der Waals surface area (Å²) in [5.74, 6) is 0.731. The summed E-state index contributed by atoms with van der Waals surface area (Å²) in [5.41, 5.74) is 3.48. The lowest BCUT2D eigenvalue weighted by atomic mass is 9.92. The fourth-order valence-electron chi connectivity index (χ4n) is 3.74. The number of nitrogens with one attached hydrogen (secondary N) is 2. The molecule has 6 heteroatoms. The Hall–Kier alpha value is -3.54. The molecule has 0 saturated heterocycles. The van der Waals surface area contributed by atoms with Crippen LogP contribution in [0.25, 0.3) is 0 Å². The van der Waals surface area contributed by atoms with E-state index in [-0.39, 0.29) is 18.4 Å². The lowest BCUT2D eigenvalue weighted by Gasteiger charge is -2.19. The maximum Gasteiger partial charge on any atom is 0.265 e. The van der Waals surface area contributed by atoms with Gasteiger partial charge in [-0.1, -0.05) is 18.2 Å². The predicted octanol–water partition coefficient (Wildman–Crippen LogP) is 4.49. The third kappa shape index (κ3) is 5.15. The van der Waals surface area contributed by atoms with E-state index in [1.54, 1.807) is 49.6 Å². The number of ether oxygens (including phenoxy) is 1. The first kappa shape index (κ1) is 20.7. The van der Waals surface area contributed by atoms with Gasteiger partial charge in [-0.2, -0.15) is 0 Å². The average Bonchev–Trinajstić information content (AvgIpc) is 3.31. The fraction of sp³-hybridized carbons (Fsp3) is 0.280. The van der Waals surface area contributed by atoms with Crippen LogP contribution in [0.2, 0.25) is 0 Å². The molecule has 31 heavy (non-hydrogen) atoms. The van der Waals surface area contributed by atoms with Crippen molar-refractivity contribution in [3.63, 3.8) is 0 Å². The molecule has 1 aromatic heterocycles. The molecule has 0 fully saturated rings. The molecule has 1 heterocycles. The van der Waals surface area contributed by atoms with Gasteiger partial charge >= 0.3 is 0 Å². The minimum absolute atomic E-state index is 0.270. The first-order valence-electron chi connectivity index (χ1n) is 10.6. The number of fused-ring (bicyclic) bond motifs is 1. The molecular weight excluding hydrogens is 392 g/mol. The van der Waals surface area contributed by atoms with Crippen LogP contribution in [-0.2, 0) is 24.2 Å². The molecule has 2 N–H and O–H groups in total. The van der Waals surface area contributed by atoms with Gasteiger partial charge in [-0.25, -0.2) is 0 Å². The number of benzene rings is 2. The van der Waals surface area contributed by atoms with Crippen LogP contribution in [0.4, 0.5) is 5.69 Å². The van der Waals surface area contributed by atoms with Crippen molar-refractivity contribution in [1.82, 2.24) is 5.32 Å². The van der Waals surface area contributed by atoms with Crippen LogP contribution >= 0.6 is 0 Å². The Morgan fingerprint density at radius 2 is 1.84 bits per heavy atom. The summed E-state index contributed by atoms with van der Waals surface area (Å²) in [6.07, 6.45) is 5.41. The van der Waals surface area contributed by atoms with Gasteiger partial charge in [0.15, 0.2) is 6.10 Å². The van der Waals surface area contributed by atoms with Crippen molar-refractivity contribution in [3.8, 4) is 5.75 Å². The van der Waals surface area contributed by atoms with E-state index >= 15 is 0 Å². The molecule has 0 bridgehead atoms. The molecule has 1 aliphatic carbocycles. The molecule has 160 valence electrons. The summed E-state index contributed by atoms with van der Waals surface area (Å²) in [6.45, 7) is 1.97. The van der Waals surface area contributed by atoms with Crippen LogP contribution in [0, 0.1) is 0 Å². The monoisotopic (exact) mass is 418 g/mol. The van der Waals surface area contributed by atoms with E-state index in [0.717, 1.165) is 12.8 Å². The maximum atomic E-state index is 12.7. The van der Waals surface area contributed by atoms with Crippen molar-refractivity contribution in [1.29, 1.82) is 0 Å². The number of para-hydroxylation sites is 1. The molecule has 0 radical (unpaired) electrons. The van der Waals surface area contributed by atoms with Gasteiger partial charge in [0, 0.05) is 0 Å². The van der Waals surface area contributed by atoms with Crippen LogP contribution in [0.1, 0.15) is 47.0 Å². The highest BCUT2D eigenvalue weighted by molar-refractivity contribution is 6.04. The predicted molar refractivity (Wildman–Crippen MR) is 118 cm³/mol. The Kier molecular flexibility index (Phi) is 6.36. The van der Waals surface area contributed by atoms with Gasteiger partial charge in [-0.15, -0.1) is 0 Å². The van der Waals surface area contributed by atoms with Gasteiger partial charge in [0.2, 0.25) is 0 Å². The van der Waals surface area contributed by atoms with Gasteiger partial charge in [-0.3, -0.25) is 9.59 Å². The summed E-state index contributed by atoms with van der Waals surface area (Å²) in [6, 6.07) is 16.5. The number of aryl methyl sites for hydroxylation is 2. The van der Waals surface area contributed by atoms with Gasteiger partial charge < -0.3 is 19.8 Å². The normalized spacial score (nSPS) is 13.7. The summed E-state index contributed by atoms with van der Waals surface area (Å²) in [7, 11) is 0. The minimum Gasteiger partial charge on any atom is -0.481 e. The topological polar surface area (TPSA) is 80.6 Å². The lowest BCUT2D eigenvalue weighted by Crippen LogP contribution is -2.31. The summed E-state index contributed by atoms with van der Waals surface area (Å²) in [5, 5.41) is 5.62. The fourth-order valence-corrected chi connectivity index (χ4v) is 3.74. The van der Waals surface area contributed by atoms with Gasteiger partial charge in [0.05, 0.1) is 24.1 Å². The minimum atomic E-state index is -0.708. The van der Waals surface area contributed by atoms with Crippen molar-refractivity contribution in [3.05, 3.63) is 83.3 Å². The SMILES string of the molecule is C[C@H](Oc1ccc2c(c1)CCCC2)C(=O)Nc1ccccc1C(=O)NCc1ccco1. The third-order valence-electron chi connectivity index (χ3n) is 5.43. The second kappa shape index (κ2) is 9.51. The number of carbonyl (C=O) groups is 2. The van der Waals surface area contributed by atoms with E-state index < -0.39 is 6.10 Å².